The van der Waals surface area contributed by atoms with E-state index >= 15 is 0 Å². The van der Waals surface area contributed by atoms with E-state index in [4.69, 9.17) is 9.47 Å². The zero-order valence-electron chi connectivity index (χ0n) is 18.9. The molecule has 5 heteroatoms. The minimum Gasteiger partial charge on any atom is -0.479 e. The summed E-state index contributed by atoms with van der Waals surface area (Å²) in [4.78, 5) is 15.3. The summed E-state index contributed by atoms with van der Waals surface area (Å²) in [5.74, 6) is 0.541. The Hall–Kier alpha value is -3.15. The van der Waals surface area contributed by atoms with Crippen molar-refractivity contribution < 1.29 is 14.3 Å². The fourth-order valence-electron chi connectivity index (χ4n) is 3.49. The van der Waals surface area contributed by atoms with E-state index in [0.29, 0.717) is 38.5 Å². The summed E-state index contributed by atoms with van der Waals surface area (Å²) < 4.78 is 11.5. The summed E-state index contributed by atoms with van der Waals surface area (Å²) in [7, 11) is 1.69. The van der Waals surface area contributed by atoms with Crippen LogP contribution in [0.25, 0.3) is 0 Å². The number of ether oxygens (including phenoxy) is 2. The number of benzene rings is 3. The van der Waals surface area contributed by atoms with Crippen LogP contribution in [-0.4, -0.2) is 43.7 Å². The third kappa shape index (κ3) is 7.84. The van der Waals surface area contributed by atoms with E-state index in [1.165, 1.54) is 11.1 Å². The number of nitrogens with one attached hydrogen (secondary N) is 1. The molecule has 0 spiro atoms. The highest BCUT2D eigenvalue weighted by atomic mass is 16.5. The first-order valence-electron chi connectivity index (χ1n) is 10.9. The predicted molar refractivity (Wildman–Crippen MR) is 127 cm³/mol. The molecular weight excluding hydrogens is 400 g/mol. The van der Waals surface area contributed by atoms with Crippen LogP contribution in [-0.2, 0) is 22.6 Å². The monoisotopic (exact) mass is 432 g/mol. The molecule has 0 aliphatic heterocycles. The number of aryl methyl sites for hydroxylation is 1. The first kappa shape index (κ1) is 23.5. The standard InChI is InChI=1S/C27H32N2O3/c1-22-10-9-13-24(18-22)20-29(16-17-31-2)21-26(32-25-14-7-4-8-15-25)27(30)28-19-23-11-5-3-6-12-23/h3-15,18,26H,16-17,19-21H2,1-2H3,(H,28,30). The molecule has 3 aromatic carbocycles. The van der Waals surface area contributed by atoms with Gasteiger partial charge in [-0.1, -0.05) is 78.4 Å². The van der Waals surface area contributed by atoms with Crippen molar-refractivity contribution in [2.45, 2.75) is 26.1 Å². The van der Waals surface area contributed by atoms with E-state index in [1.807, 2.05) is 60.7 Å². The Morgan fingerprint density at radius 3 is 2.31 bits per heavy atom. The summed E-state index contributed by atoms with van der Waals surface area (Å²) in [6, 6.07) is 27.8. The van der Waals surface area contributed by atoms with Crippen LogP contribution in [0.1, 0.15) is 16.7 Å². The van der Waals surface area contributed by atoms with Crippen LogP contribution >= 0.6 is 0 Å². The van der Waals surface area contributed by atoms with Crippen molar-refractivity contribution in [1.82, 2.24) is 10.2 Å². The van der Waals surface area contributed by atoms with Crippen LogP contribution in [0, 0.1) is 6.92 Å². The first-order chi connectivity index (χ1) is 15.6. The maximum atomic E-state index is 13.1. The fraction of sp³-hybridized carbons (Fsp3) is 0.296. The van der Waals surface area contributed by atoms with Gasteiger partial charge >= 0.3 is 0 Å². The number of carbonyl (C=O) groups excluding carboxylic acids is 1. The van der Waals surface area contributed by atoms with Crippen LogP contribution in [0.5, 0.6) is 5.75 Å². The number of para-hydroxylation sites is 1. The lowest BCUT2D eigenvalue weighted by Gasteiger charge is -2.27. The quantitative estimate of drug-likeness (QED) is 0.466. The zero-order valence-corrected chi connectivity index (χ0v) is 18.9. The molecule has 0 aromatic heterocycles. The molecule has 1 N–H and O–H groups in total. The van der Waals surface area contributed by atoms with Gasteiger partial charge in [0.1, 0.15) is 5.75 Å². The number of amides is 1. The lowest BCUT2D eigenvalue weighted by Crippen LogP contribution is -2.46. The van der Waals surface area contributed by atoms with E-state index in [2.05, 4.69) is 41.4 Å². The van der Waals surface area contributed by atoms with Gasteiger partial charge in [0, 0.05) is 33.3 Å². The van der Waals surface area contributed by atoms with Gasteiger partial charge in [0.25, 0.3) is 5.91 Å². The molecule has 1 unspecified atom stereocenters. The van der Waals surface area contributed by atoms with Gasteiger partial charge < -0.3 is 14.8 Å². The average molecular weight is 433 g/mol. The molecule has 0 fully saturated rings. The van der Waals surface area contributed by atoms with E-state index in [0.717, 1.165) is 5.56 Å². The lowest BCUT2D eigenvalue weighted by atomic mass is 10.1. The largest absolute Gasteiger partial charge is 0.479 e. The molecule has 0 saturated heterocycles. The highest BCUT2D eigenvalue weighted by molar-refractivity contribution is 5.81. The van der Waals surface area contributed by atoms with Crippen LogP contribution < -0.4 is 10.1 Å². The first-order valence-corrected chi connectivity index (χ1v) is 10.9. The van der Waals surface area contributed by atoms with E-state index in [-0.39, 0.29) is 5.91 Å². The molecule has 3 aromatic rings. The van der Waals surface area contributed by atoms with Crippen molar-refractivity contribution in [3.63, 3.8) is 0 Å². The number of carbonyl (C=O) groups is 1. The van der Waals surface area contributed by atoms with Gasteiger partial charge in [-0.3, -0.25) is 9.69 Å². The Labute approximate surface area is 191 Å². The molecule has 32 heavy (non-hydrogen) atoms. The minimum atomic E-state index is -0.650. The van der Waals surface area contributed by atoms with Crippen molar-refractivity contribution in [2.75, 3.05) is 26.8 Å². The maximum absolute atomic E-state index is 13.1. The summed E-state index contributed by atoms with van der Waals surface area (Å²) in [6.45, 7) is 4.99. The maximum Gasteiger partial charge on any atom is 0.262 e. The number of nitrogens with zero attached hydrogens (tertiary/aromatic N) is 1. The second kappa shape index (κ2) is 12.6. The normalized spacial score (nSPS) is 11.8. The van der Waals surface area contributed by atoms with Gasteiger partial charge in [-0.15, -0.1) is 0 Å². The van der Waals surface area contributed by atoms with Gasteiger partial charge in [-0.2, -0.15) is 0 Å². The summed E-state index contributed by atoms with van der Waals surface area (Å²) in [6.07, 6.45) is -0.650. The smallest absolute Gasteiger partial charge is 0.262 e. The van der Waals surface area contributed by atoms with Gasteiger partial charge in [0.05, 0.1) is 6.61 Å². The predicted octanol–water partition coefficient (Wildman–Crippen LogP) is 4.21. The van der Waals surface area contributed by atoms with Gasteiger partial charge in [-0.25, -0.2) is 0 Å². The molecule has 0 radical (unpaired) electrons. The third-order valence-corrected chi connectivity index (χ3v) is 5.15. The number of hydrogen-bond donors (Lipinski definition) is 1. The Bertz CT molecular complexity index is 947. The van der Waals surface area contributed by atoms with Crippen LogP contribution in [0.4, 0.5) is 0 Å². The van der Waals surface area contributed by atoms with Crippen molar-refractivity contribution in [2.24, 2.45) is 0 Å². The van der Waals surface area contributed by atoms with Crippen LogP contribution in [0.3, 0.4) is 0 Å². The minimum absolute atomic E-state index is 0.135. The average Bonchev–Trinajstić information content (AvgIpc) is 2.82. The van der Waals surface area contributed by atoms with Gasteiger partial charge in [0.15, 0.2) is 6.10 Å². The van der Waals surface area contributed by atoms with Crippen molar-refractivity contribution in [3.05, 3.63) is 102 Å². The Balaban J connectivity index is 1.73. The van der Waals surface area contributed by atoms with Crippen LogP contribution in [0.15, 0.2) is 84.9 Å². The molecule has 168 valence electrons. The van der Waals surface area contributed by atoms with Gasteiger partial charge in [0.2, 0.25) is 0 Å². The molecule has 0 saturated carbocycles. The molecule has 0 bridgehead atoms. The highest BCUT2D eigenvalue weighted by Crippen LogP contribution is 2.14. The molecular formula is C27H32N2O3. The topological polar surface area (TPSA) is 50.8 Å². The number of methoxy groups -OCH3 is 1. The van der Waals surface area contributed by atoms with Crippen molar-refractivity contribution in [1.29, 1.82) is 0 Å². The molecule has 3 rings (SSSR count). The van der Waals surface area contributed by atoms with E-state index < -0.39 is 6.10 Å². The molecule has 1 atom stereocenters. The Morgan fingerprint density at radius 1 is 0.938 bits per heavy atom. The SMILES string of the molecule is COCCN(Cc1cccc(C)c1)CC(Oc1ccccc1)C(=O)NCc1ccccc1. The molecule has 1 amide bonds. The molecule has 5 nitrogen and oxygen atoms in total. The second-order valence-electron chi connectivity index (χ2n) is 7.84. The Morgan fingerprint density at radius 2 is 1.62 bits per heavy atom. The summed E-state index contributed by atoms with van der Waals surface area (Å²) in [5, 5.41) is 3.03. The number of rotatable bonds is 12. The second-order valence-corrected chi connectivity index (χ2v) is 7.84. The molecule has 0 aliphatic carbocycles. The summed E-state index contributed by atoms with van der Waals surface area (Å²) in [5.41, 5.74) is 3.46. The summed E-state index contributed by atoms with van der Waals surface area (Å²) >= 11 is 0. The van der Waals surface area contributed by atoms with E-state index in [9.17, 15) is 4.79 Å². The zero-order chi connectivity index (χ0) is 22.6. The number of hydrogen-bond acceptors (Lipinski definition) is 4. The Kier molecular flexibility index (Phi) is 9.29. The van der Waals surface area contributed by atoms with Gasteiger partial charge in [-0.05, 0) is 30.2 Å². The molecule has 0 aliphatic rings. The highest BCUT2D eigenvalue weighted by Gasteiger charge is 2.24. The third-order valence-electron chi connectivity index (χ3n) is 5.15. The van der Waals surface area contributed by atoms with Crippen molar-refractivity contribution >= 4 is 5.91 Å². The van der Waals surface area contributed by atoms with Crippen LogP contribution in [0.2, 0.25) is 0 Å². The van der Waals surface area contributed by atoms with E-state index in [1.54, 1.807) is 7.11 Å². The lowest BCUT2D eigenvalue weighted by molar-refractivity contribution is -0.129. The van der Waals surface area contributed by atoms with Crippen molar-refractivity contribution in [3.8, 4) is 5.75 Å². The fourth-order valence-corrected chi connectivity index (χ4v) is 3.49. The molecule has 0 heterocycles.